The lowest BCUT2D eigenvalue weighted by atomic mass is 9.95. The Balaban J connectivity index is 2.32. The van der Waals surface area contributed by atoms with Crippen LogP contribution >= 0.6 is 0 Å². The maximum absolute atomic E-state index is 12.1. The van der Waals surface area contributed by atoms with Crippen molar-refractivity contribution in [2.75, 3.05) is 21.9 Å². The summed E-state index contributed by atoms with van der Waals surface area (Å²) < 4.78 is 25.4. The summed E-state index contributed by atoms with van der Waals surface area (Å²) in [7, 11) is -3.21. The fourth-order valence-corrected chi connectivity index (χ4v) is 3.70. The lowest BCUT2D eigenvalue weighted by Gasteiger charge is -2.21. The smallest absolute Gasteiger partial charge is 0.235 e. The van der Waals surface area contributed by atoms with E-state index in [-0.39, 0.29) is 11.7 Å². The maximum Gasteiger partial charge on any atom is 0.235 e. The summed E-state index contributed by atoms with van der Waals surface area (Å²) in [6.45, 7) is 7.91. The highest BCUT2D eigenvalue weighted by Gasteiger charge is 2.29. The lowest BCUT2D eigenvalue weighted by Crippen LogP contribution is -2.28. The monoisotopic (exact) mass is 310 g/mol. The van der Waals surface area contributed by atoms with E-state index in [1.807, 2.05) is 33.8 Å². The molecule has 1 aliphatic rings. The van der Waals surface area contributed by atoms with E-state index in [4.69, 9.17) is 0 Å². The van der Waals surface area contributed by atoms with Gasteiger partial charge >= 0.3 is 0 Å². The van der Waals surface area contributed by atoms with Gasteiger partial charge in [0.05, 0.1) is 11.4 Å². The van der Waals surface area contributed by atoms with Gasteiger partial charge in [0.15, 0.2) is 0 Å². The molecule has 0 saturated carbocycles. The Hall–Kier alpha value is -1.56. The Morgan fingerprint density at radius 2 is 1.95 bits per heavy atom. The number of sulfonamides is 1. The molecule has 6 heteroatoms. The van der Waals surface area contributed by atoms with Gasteiger partial charge in [-0.05, 0) is 31.0 Å². The molecule has 0 aliphatic carbocycles. The van der Waals surface area contributed by atoms with Crippen LogP contribution < -0.4 is 9.62 Å². The molecule has 0 atom stereocenters. The molecule has 0 radical (unpaired) electrons. The molecule has 0 aromatic heterocycles. The Morgan fingerprint density at radius 3 is 2.48 bits per heavy atom. The minimum Gasteiger partial charge on any atom is -0.325 e. The van der Waals surface area contributed by atoms with Gasteiger partial charge in [-0.2, -0.15) is 0 Å². The minimum absolute atomic E-state index is 0.0907. The van der Waals surface area contributed by atoms with E-state index in [2.05, 4.69) is 5.32 Å². The molecule has 0 spiro atoms. The van der Waals surface area contributed by atoms with Crippen LogP contribution in [0.1, 0.15) is 32.8 Å². The second kappa shape index (κ2) is 5.33. The molecule has 2 rings (SSSR count). The van der Waals surface area contributed by atoms with Crippen LogP contribution in [0.5, 0.6) is 0 Å². The van der Waals surface area contributed by atoms with E-state index in [1.54, 1.807) is 12.1 Å². The fourth-order valence-electron chi connectivity index (χ4n) is 2.14. The SMILES string of the molecule is Cc1ccc(N2CCCS2(=O)=O)cc1NC(=O)C(C)(C)C. The van der Waals surface area contributed by atoms with Gasteiger partial charge in [-0.1, -0.05) is 26.8 Å². The van der Waals surface area contributed by atoms with Crippen molar-refractivity contribution in [3.05, 3.63) is 23.8 Å². The first-order valence-electron chi connectivity index (χ1n) is 7.04. The summed E-state index contributed by atoms with van der Waals surface area (Å²) in [6, 6.07) is 5.36. The predicted octanol–water partition coefficient (Wildman–Crippen LogP) is 2.52. The van der Waals surface area contributed by atoms with Crippen molar-refractivity contribution < 1.29 is 13.2 Å². The van der Waals surface area contributed by atoms with E-state index in [0.29, 0.717) is 24.3 Å². The second-order valence-electron chi connectivity index (χ2n) is 6.45. The van der Waals surface area contributed by atoms with Crippen LogP contribution in [0.2, 0.25) is 0 Å². The largest absolute Gasteiger partial charge is 0.325 e. The number of hydrogen-bond donors (Lipinski definition) is 1. The Bertz CT molecular complexity index is 660. The van der Waals surface area contributed by atoms with E-state index >= 15 is 0 Å². The number of amides is 1. The van der Waals surface area contributed by atoms with Gasteiger partial charge in [0.1, 0.15) is 0 Å². The number of carbonyl (C=O) groups is 1. The molecule has 116 valence electrons. The molecular weight excluding hydrogens is 288 g/mol. The molecule has 1 heterocycles. The Morgan fingerprint density at radius 1 is 1.29 bits per heavy atom. The quantitative estimate of drug-likeness (QED) is 0.912. The zero-order valence-electron chi connectivity index (χ0n) is 12.9. The average molecular weight is 310 g/mol. The third kappa shape index (κ3) is 3.37. The number of anilines is 2. The first-order valence-corrected chi connectivity index (χ1v) is 8.65. The van der Waals surface area contributed by atoms with E-state index in [0.717, 1.165) is 5.56 Å². The van der Waals surface area contributed by atoms with Crippen LogP contribution in [0.3, 0.4) is 0 Å². The van der Waals surface area contributed by atoms with Gasteiger partial charge in [0.25, 0.3) is 0 Å². The number of carbonyl (C=O) groups excluding carboxylic acids is 1. The van der Waals surface area contributed by atoms with Gasteiger partial charge in [-0.25, -0.2) is 8.42 Å². The summed E-state index contributed by atoms with van der Waals surface area (Å²) in [5.74, 6) is 0.0944. The van der Waals surface area contributed by atoms with Gasteiger partial charge in [0, 0.05) is 17.6 Å². The molecule has 1 aromatic carbocycles. The molecule has 0 unspecified atom stereocenters. The molecule has 5 nitrogen and oxygen atoms in total. The number of nitrogens with one attached hydrogen (secondary N) is 1. The number of aryl methyl sites for hydroxylation is 1. The molecule has 1 amide bonds. The molecule has 1 saturated heterocycles. The van der Waals surface area contributed by atoms with Gasteiger partial charge < -0.3 is 5.32 Å². The Kier molecular flexibility index (Phi) is 4.02. The summed E-state index contributed by atoms with van der Waals surface area (Å²) >= 11 is 0. The number of hydrogen-bond acceptors (Lipinski definition) is 3. The van der Waals surface area contributed by atoms with Crippen molar-refractivity contribution in [1.82, 2.24) is 0 Å². The highest BCUT2D eigenvalue weighted by atomic mass is 32.2. The zero-order valence-corrected chi connectivity index (χ0v) is 13.8. The van der Waals surface area contributed by atoms with Crippen molar-refractivity contribution in [3.8, 4) is 0 Å². The van der Waals surface area contributed by atoms with E-state index < -0.39 is 15.4 Å². The average Bonchev–Trinajstić information content (AvgIpc) is 2.70. The van der Waals surface area contributed by atoms with Gasteiger partial charge in [-0.3, -0.25) is 9.10 Å². The molecule has 1 N–H and O–H groups in total. The summed E-state index contributed by atoms with van der Waals surface area (Å²) in [4.78, 5) is 12.1. The van der Waals surface area contributed by atoms with Crippen LogP contribution in [0.25, 0.3) is 0 Å². The predicted molar refractivity (Wildman–Crippen MR) is 85.0 cm³/mol. The molecular formula is C15H22N2O3S. The van der Waals surface area contributed by atoms with E-state index in [1.165, 1.54) is 4.31 Å². The normalized spacial score (nSPS) is 17.8. The van der Waals surface area contributed by atoms with Crippen molar-refractivity contribution >= 4 is 27.3 Å². The molecule has 1 aromatic rings. The summed E-state index contributed by atoms with van der Waals surface area (Å²) in [5, 5.41) is 2.88. The van der Waals surface area contributed by atoms with Crippen molar-refractivity contribution in [2.24, 2.45) is 5.41 Å². The maximum atomic E-state index is 12.1. The van der Waals surface area contributed by atoms with Crippen molar-refractivity contribution in [2.45, 2.75) is 34.1 Å². The number of rotatable bonds is 2. The molecule has 1 aliphatic heterocycles. The first-order chi connectivity index (χ1) is 9.61. The van der Waals surface area contributed by atoms with Crippen LogP contribution in [-0.4, -0.2) is 26.6 Å². The summed E-state index contributed by atoms with van der Waals surface area (Å²) in [6.07, 6.45) is 0.639. The fraction of sp³-hybridized carbons (Fsp3) is 0.533. The highest BCUT2D eigenvalue weighted by molar-refractivity contribution is 7.93. The molecule has 0 bridgehead atoms. The second-order valence-corrected chi connectivity index (χ2v) is 8.46. The topological polar surface area (TPSA) is 66.5 Å². The highest BCUT2D eigenvalue weighted by Crippen LogP contribution is 2.29. The molecule has 1 fully saturated rings. The first kappa shape index (κ1) is 15.8. The van der Waals surface area contributed by atoms with Crippen LogP contribution in [0, 0.1) is 12.3 Å². The van der Waals surface area contributed by atoms with Gasteiger partial charge in [-0.15, -0.1) is 0 Å². The molecule has 21 heavy (non-hydrogen) atoms. The third-order valence-corrected chi connectivity index (χ3v) is 5.41. The van der Waals surface area contributed by atoms with E-state index in [9.17, 15) is 13.2 Å². The van der Waals surface area contributed by atoms with Crippen molar-refractivity contribution in [3.63, 3.8) is 0 Å². The van der Waals surface area contributed by atoms with Crippen molar-refractivity contribution in [1.29, 1.82) is 0 Å². The lowest BCUT2D eigenvalue weighted by molar-refractivity contribution is -0.123. The Labute approximate surface area is 126 Å². The van der Waals surface area contributed by atoms with Crippen LogP contribution in [0.4, 0.5) is 11.4 Å². The number of nitrogens with zero attached hydrogens (tertiary/aromatic N) is 1. The van der Waals surface area contributed by atoms with Gasteiger partial charge in [0.2, 0.25) is 15.9 Å². The zero-order chi connectivity index (χ0) is 15.8. The number of benzene rings is 1. The summed E-state index contributed by atoms with van der Waals surface area (Å²) in [5.41, 5.74) is 1.69. The third-order valence-electron chi connectivity index (χ3n) is 3.54. The standard InChI is InChI=1S/C15H22N2O3S/c1-11-6-7-12(17-8-5-9-21(17,19)20)10-13(11)16-14(18)15(2,3)4/h6-7,10H,5,8-9H2,1-4H3,(H,16,18). The van der Waals surface area contributed by atoms with Crippen LogP contribution in [0.15, 0.2) is 18.2 Å². The minimum atomic E-state index is -3.21. The van der Waals surface area contributed by atoms with Crippen LogP contribution in [-0.2, 0) is 14.8 Å².